The average molecular weight is 290 g/mol. The van der Waals surface area contributed by atoms with Crippen LogP contribution >= 0.6 is 0 Å². The number of amides is 1. The van der Waals surface area contributed by atoms with Gasteiger partial charge in [-0.15, -0.1) is 5.10 Å². The molecule has 0 aromatic carbocycles. The second kappa shape index (κ2) is 5.38. The molecule has 3 aliphatic heterocycles. The third-order valence-electron chi connectivity index (χ3n) is 4.97. The lowest BCUT2D eigenvalue weighted by Crippen LogP contribution is -2.43. The quantitative estimate of drug-likeness (QED) is 0.830. The molecule has 114 valence electrons. The SMILES string of the molecule is O=C(c1cn(C2CNC2)nn1)N1CCC(N2CCCC2)C1. The summed E-state index contributed by atoms with van der Waals surface area (Å²) >= 11 is 0. The number of nitrogens with one attached hydrogen (secondary N) is 1. The van der Waals surface area contributed by atoms with Crippen LogP contribution in [0.4, 0.5) is 0 Å². The van der Waals surface area contributed by atoms with Crippen LogP contribution in [0, 0.1) is 0 Å². The van der Waals surface area contributed by atoms with E-state index in [4.69, 9.17) is 0 Å². The van der Waals surface area contributed by atoms with E-state index in [2.05, 4.69) is 20.5 Å². The van der Waals surface area contributed by atoms with E-state index in [1.807, 2.05) is 9.58 Å². The van der Waals surface area contributed by atoms with Crippen molar-refractivity contribution in [3.05, 3.63) is 11.9 Å². The van der Waals surface area contributed by atoms with Gasteiger partial charge in [-0.1, -0.05) is 5.21 Å². The zero-order valence-electron chi connectivity index (χ0n) is 12.2. The number of hydrogen-bond acceptors (Lipinski definition) is 5. The Labute approximate surface area is 124 Å². The molecule has 0 aliphatic carbocycles. The van der Waals surface area contributed by atoms with E-state index in [1.165, 1.54) is 25.9 Å². The van der Waals surface area contributed by atoms with Crippen LogP contribution in [0.5, 0.6) is 0 Å². The minimum absolute atomic E-state index is 0.0372. The van der Waals surface area contributed by atoms with Gasteiger partial charge in [0.15, 0.2) is 5.69 Å². The summed E-state index contributed by atoms with van der Waals surface area (Å²) in [4.78, 5) is 17.0. The fourth-order valence-corrected chi connectivity index (χ4v) is 3.51. The van der Waals surface area contributed by atoms with Crippen LogP contribution in [0.3, 0.4) is 0 Å². The Kier molecular flexibility index (Phi) is 3.39. The lowest BCUT2D eigenvalue weighted by atomic mass is 10.2. The molecular weight excluding hydrogens is 268 g/mol. The summed E-state index contributed by atoms with van der Waals surface area (Å²) in [5, 5.41) is 11.4. The minimum Gasteiger partial charge on any atom is -0.336 e. The maximum atomic E-state index is 12.5. The van der Waals surface area contributed by atoms with Crippen LogP contribution in [0.25, 0.3) is 0 Å². The van der Waals surface area contributed by atoms with Gasteiger partial charge in [-0.2, -0.15) is 0 Å². The Morgan fingerprint density at radius 2 is 2.00 bits per heavy atom. The maximum absolute atomic E-state index is 12.5. The Morgan fingerprint density at radius 3 is 2.71 bits per heavy atom. The molecule has 1 N–H and O–H groups in total. The molecule has 7 nitrogen and oxygen atoms in total. The highest BCUT2D eigenvalue weighted by atomic mass is 16.2. The van der Waals surface area contributed by atoms with Crippen LogP contribution in [-0.2, 0) is 0 Å². The second-order valence-corrected chi connectivity index (χ2v) is 6.33. The highest BCUT2D eigenvalue weighted by Crippen LogP contribution is 2.21. The zero-order valence-corrected chi connectivity index (χ0v) is 12.2. The van der Waals surface area contributed by atoms with Crippen molar-refractivity contribution in [2.24, 2.45) is 0 Å². The summed E-state index contributed by atoms with van der Waals surface area (Å²) in [6.07, 6.45) is 5.49. The smallest absolute Gasteiger partial charge is 0.276 e. The average Bonchev–Trinajstić information content (AvgIpc) is 3.17. The maximum Gasteiger partial charge on any atom is 0.276 e. The number of nitrogens with zero attached hydrogens (tertiary/aromatic N) is 5. The standard InChI is InChI=1S/C14H22N6O/c21-14(13-10-20(17-16-13)12-7-15-8-12)19-6-3-11(9-19)18-4-1-2-5-18/h10-12,15H,1-9H2. The third kappa shape index (κ3) is 2.44. The Hall–Kier alpha value is -1.47. The molecule has 1 unspecified atom stereocenters. The molecule has 4 heterocycles. The third-order valence-corrected chi connectivity index (χ3v) is 4.97. The van der Waals surface area contributed by atoms with Gasteiger partial charge in [0.2, 0.25) is 0 Å². The van der Waals surface area contributed by atoms with Gasteiger partial charge in [0.25, 0.3) is 5.91 Å². The van der Waals surface area contributed by atoms with Crippen LogP contribution in [0.1, 0.15) is 35.8 Å². The van der Waals surface area contributed by atoms with E-state index < -0.39 is 0 Å². The molecule has 0 saturated carbocycles. The lowest BCUT2D eigenvalue weighted by molar-refractivity contribution is 0.0774. The van der Waals surface area contributed by atoms with Crippen molar-refractivity contribution in [3.63, 3.8) is 0 Å². The van der Waals surface area contributed by atoms with Gasteiger partial charge in [-0.05, 0) is 32.4 Å². The number of carbonyl (C=O) groups excluding carboxylic acids is 1. The van der Waals surface area contributed by atoms with Gasteiger partial charge in [0.05, 0.1) is 12.2 Å². The van der Waals surface area contributed by atoms with Crippen LogP contribution in [-0.4, -0.2) is 76.0 Å². The normalized spacial score (nSPS) is 27.2. The first-order valence-corrected chi connectivity index (χ1v) is 7.97. The summed E-state index contributed by atoms with van der Waals surface area (Å²) in [5.74, 6) is 0.0372. The molecule has 3 saturated heterocycles. The van der Waals surface area contributed by atoms with Crippen LogP contribution < -0.4 is 5.32 Å². The zero-order chi connectivity index (χ0) is 14.2. The molecule has 4 rings (SSSR count). The largest absolute Gasteiger partial charge is 0.336 e. The van der Waals surface area contributed by atoms with E-state index >= 15 is 0 Å². The van der Waals surface area contributed by atoms with Crippen molar-refractivity contribution in [3.8, 4) is 0 Å². The molecule has 21 heavy (non-hydrogen) atoms. The highest BCUT2D eigenvalue weighted by molar-refractivity contribution is 5.92. The monoisotopic (exact) mass is 290 g/mol. The summed E-state index contributed by atoms with van der Waals surface area (Å²) in [5.41, 5.74) is 0.490. The molecule has 7 heteroatoms. The summed E-state index contributed by atoms with van der Waals surface area (Å²) < 4.78 is 1.82. The lowest BCUT2D eigenvalue weighted by Gasteiger charge is -2.26. The Morgan fingerprint density at radius 1 is 1.19 bits per heavy atom. The van der Waals surface area contributed by atoms with Crippen LogP contribution in [0.15, 0.2) is 6.20 Å². The Balaban J connectivity index is 1.39. The summed E-state index contributed by atoms with van der Waals surface area (Å²) in [6, 6.07) is 0.900. The minimum atomic E-state index is 0.0372. The predicted octanol–water partition coefficient (Wildman–Crippen LogP) is -0.267. The van der Waals surface area contributed by atoms with Crippen molar-refractivity contribution in [1.82, 2.24) is 30.1 Å². The second-order valence-electron chi connectivity index (χ2n) is 6.33. The van der Waals surface area contributed by atoms with E-state index in [1.54, 1.807) is 6.20 Å². The van der Waals surface area contributed by atoms with Crippen molar-refractivity contribution < 1.29 is 4.79 Å². The molecule has 1 aromatic heterocycles. The molecule has 3 fully saturated rings. The van der Waals surface area contributed by atoms with Crippen molar-refractivity contribution in [2.45, 2.75) is 31.3 Å². The number of aromatic nitrogens is 3. The predicted molar refractivity (Wildman–Crippen MR) is 77.0 cm³/mol. The van der Waals surface area contributed by atoms with Gasteiger partial charge in [-0.25, -0.2) is 4.68 Å². The summed E-state index contributed by atoms with van der Waals surface area (Å²) in [7, 11) is 0. The van der Waals surface area contributed by atoms with Gasteiger partial charge >= 0.3 is 0 Å². The first kappa shape index (κ1) is 13.2. The van der Waals surface area contributed by atoms with Gasteiger partial charge < -0.3 is 10.2 Å². The Bertz CT molecular complexity index is 519. The molecule has 1 amide bonds. The number of likely N-dealkylation sites (tertiary alicyclic amines) is 2. The first-order chi connectivity index (χ1) is 10.3. The van der Waals surface area contributed by atoms with E-state index in [9.17, 15) is 4.79 Å². The number of carbonyl (C=O) groups is 1. The molecule has 0 spiro atoms. The fraction of sp³-hybridized carbons (Fsp3) is 0.786. The first-order valence-electron chi connectivity index (χ1n) is 7.97. The molecule has 1 atom stereocenters. The van der Waals surface area contributed by atoms with Crippen molar-refractivity contribution in [1.29, 1.82) is 0 Å². The van der Waals surface area contributed by atoms with E-state index in [0.717, 1.165) is 32.6 Å². The van der Waals surface area contributed by atoms with Gasteiger partial charge in [-0.3, -0.25) is 9.69 Å². The topological polar surface area (TPSA) is 66.3 Å². The molecule has 1 aromatic rings. The molecule has 0 radical (unpaired) electrons. The van der Waals surface area contributed by atoms with Crippen molar-refractivity contribution >= 4 is 5.91 Å². The van der Waals surface area contributed by atoms with Crippen LogP contribution in [0.2, 0.25) is 0 Å². The number of rotatable bonds is 3. The molecule has 3 aliphatic rings. The van der Waals surface area contributed by atoms with Gasteiger partial charge in [0.1, 0.15) is 0 Å². The van der Waals surface area contributed by atoms with Crippen molar-refractivity contribution in [2.75, 3.05) is 39.3 Å². The van der Waals surface area contributed by atoms with Gasteiger partial charge in [0, 0.05) is 32.2 Å². The summed E-state index contributed by atoms with van der Waals surface area (Å²) in [6.45, 7) is 5.90. The molecule has 0 bridgehead atoms. The van der Waals surface area contributed by atoms with E-state index in [0.29, 0.717) is 17.8 Å². The number of hydrogen-bond donors (Lipinski definition) is 1. The molecular formula is C14H22N6O. The fourth-order valence-electron chi connectivity index (χ4n) is 3.51. The highest BCUT2D eigenvalue weighted by Gasteiger charge is 2.33. The van der Waals surface area contributed by atoms with E-state index in [-0.39, 0.29) is 5.91 Å².